The molecular formula is C16H19BrN4O2. The molecule has 122 valence electrons. The highest BCUT2D eigenvalue weighted by molar-refractivity contribution is 9.10. The van der Waals surface area contributed by atoms with Crippen LogP contribution < -0.4 is 20.4 Å². The van der Waals surface area contributed by atoms with Gasteiger partial charge >= 0.3 is 0 Å². The topological polar surface area (TPSA) is 67.2 Å². The summed E-state index contributed by atoms with van der Waals surface area (Å²) in [5.74, 6) is 1.51. The van der Waals surface area contributed by atoms with Crippen molar-refractivity contribution in [2.75, 3.05) is 14.2 Å². The molecule has 6 nitrogen and oxygen atoms in total. The third-order valence-corrected chi connectivity index (χ3v) is 3.66. The Morgan fingerprint density at radius 2 is 2.00 bits per heavy atom. The third kappa shape index (κ3) is 4.67. The van der Waals surface area contributed by atoms with E-state index in [0.29, 0.717) is 18.0 Å². The van der Waals surface area contributed by atoms with E-state index in [1.165, 1.54) is 0 Å². The standard InChI is InChI=1S/C16H19BrN4O2/c1-11-7-8-12(17)9-16(11)23-10-13-14(19-21-20-18-2)5-4-6-15(13)22-3/h4-9H,10H2,1-3H3,(H,18,21)(H,19,20). The van der Waals surface area contributed by atoms with E-state index in [2.05, 4.69) is 37.2 Å². The lowest BCUT2D eigenvalue weighted by atomic mass is 10.1. The van der Waals surface area contributed by atoms with Gasteiger partial charge in [-0.1, -0.05) is 33.3 Å². The van der Waals surface area contributed by atoms with Crippen molar-refractivity contribution in [3.05, 3.63) is 52.0 Å². The van der Waals surface area contributed by atoms with E-state index in [1.54, 1.807) is 14.2 Å². The van der Waals surface area contributed by atoms with Crippen molar-refractivity contribution >= 4 is 21.6 Å². The molecule has 0 heterocycles. The Bertz CT molecular complexity index is 692. The molecule has 0 radical (unpaired) electrons. The zero-order chi connectivity index (χ0) is 16.7. The largest absolute Gasteiger partial charge is 0.496 e. The highest BCUT2D eigenvalue weighted by Crippen LogP contribution is 2.31. The number of benzene rings is 2. The monoisotopic (exact) mass is 378 g/mol. The summed E-state index contributed by atoms with van der Waals surface area (Å²) in [5.41, 5.74) is 7.82. The first-order valence-electron chi connectivity index (χ1n) is 7.03. The van der Waals surface area contributed by atoms with Crippen LogP contribution in [0.15, 0.2) is 51.2 Å². The fourth-order valence-electron chi connectivity index (χ4n) is 1.99. The fourth-order valence-corrected chi connectivity index (χ4v) is 2.33. The molecular weight excluding hydrogens is 360 g/mol. The second-order valence-corrected chi connectivity index (χ2v) is 5.63. The molecule has 2 aromatic carbocycles. The van der Waals surface area contributed by atoms with Crippen LogP contribution in [0.3, 0.4) is 0 Å². The molecule has 0 amide bonds. The first-order valence-corrected chi connectivity index (χ1v) is 7.82. The van der Waals surface area contributed by atoms with Crippen LogP contribution in [0, 0.1) is 6.92 Å². The zero-order valence-corrected chi connectivity index (χ0v) is 14.8. The lowest BCUT2D eigenvalue weighted by Crippen LogP contribution is -2.20. The first kappa shape index (κ1) is 17.2. The minimum Gasteiger partial charge on any atom is -0.496 e. The van der Waals surface area contributed by atoms with E-state index in [-0.39, 0.29) is 0 Å². The molecule has 0 aliphatic heterocycles. The zero-order valence-electron chi connectivity index (χ0n) is 13.3. The number of rotatable bonds is 7. The van der Waals surface area contributed by atoms with Gasteiger partial charge in [0, 0.05) is 11.5 Å². The summed E-state index contributed by atoms with van der Waals surface area (Å²) in [6.07, 6.45) is 0. The first-order chi connectivity index (χ1) is 11.2. The van der Waals surface area contributed by atoms with Crippen LogP contribution in [-0.2, 0) is 6.61 Å². The van der Waals surface area contributed by atoms with Crippen LogP contribution in [0.25, 0.3) is 0 Å². The van der Waals surface area contributed by atoms with E-state index in [1.807, 2.05) is 43.3 Å². The van der Waals surface area contributed by atoms with Gasteiger partial charge in [-0.3, -0.25) is 0 Å². The fraction of sp³-hybridized carbons (Fsp3) is 0.250. The second kappa shape index (κ2) is 8.50. The van der Waals surface area contributed by atoms with Crippen LogP contribution in [0.4, 0.5) is 5.69 Å². The number of hydrogen-bond acceptors (Lipinski definition) is 5. The number of nitrogens with one attached hydrogen (secondary N) is 2. The molecule has 0 saturated heterocycles. The molecule has 0 saturated carbocycles. The minimum absolute atomic E-state index is 0.329. The van der Waals surface area contributed by atoms with Crippen molar-refractivity contribution in [2.45, 2.75) is 13.5 Å². The molecule has 2 N–H and O–H groups in total. The summed E-state index contributed by atoms with van der Waals surface area (Å²) in [6.45, 7) is 2.33. The summed E-state index contributed by atoms with van der Waals surface area (Å²) in [6, 6.07) is 11.5. The van der Waals surface area contributed by atoms with Gasteiger partial charge in [-0.15, -0.1) is 5.11 Å². The SMILES string of the molecule is CNNN=Nc1cccc(OC)c1COc1cc(Br)ccc1C. The molecule has 0 atom stereocenters. The molecule has 7 heteroatoms. The summed E-state index contributed by atoms with van der Waals surface area (Å²) in [5, 5.41) is 7.97. The van der Waals surface area contributed by atoms with Gasteiger partial charge in [0.15, 0.2) is 0 Å². The summed E-state index contributed by atoms with van der Waals surface area (Å²) in [4.78, 5) is 0. The highest BCUT2D eigenvalue weighted by Gasteiger charge is 2.11. The van der Waals surface area contributed by atoms with Crippen molar-refractivity contribution < 1.29 is 9.47 Å². The second-order valence-electron chi connectivity index (χ2n) is 4.72. The van der Waals surface area contributed by atoms with E-state index >= 15 is 0 Å². The molecule has 2 aromatic rings. The maximum absolute atomic E-state index is 5.95. The third-order valence-electron chi connectivity index (χ3n) is 3.17. The normalized spacial score (nSPS) is 10.8. The van der Waals surface area contributed by atoms with E-state index in [0.717, 1.165) is 21.3 Å². The smallest absolute Gasteiger partial charge is 0.127 e. The van der Waals surface area contributed by atoms with Crippen molar-refractivity contribution in [1.82, 2.24) is 11.0 Å². The molecule has 0 bridgehead atoms. The molecule has 0 fully saturated rings. The Kier molecular flexibility index (Phi) is 6.37. The van der Waals surface area contributed by atoms with Crippen LogP contribution in [0.1, 0.15) is 11.1 Å². The lowest BCUT2D eigenvalue weighted by molar-refractivity contribution is 0.295. The van der Waals surface area contributed by atoms with Crippen molar-refractivity contribution in [2.24, 2.45) is 10.3 Å². The molecule has 0 aromatic heterocycles. The van der Waals surface area contributed by atoms with Gasteiger partial charge in [-0.25, -0.2) is 11.0 Å². The van der Waals surface area contributed by atoms with Crippen LogP contribution in [0.2, 0.25) is 0 Å². The number of nitrogens with zero attached hydrogens (tertiary/aromatic N) is 2. The van der Waals surface area contributed by atoms with Crippen LogP contribution >= 0.6 is 15.9 Å². The lowest BCUT2D eigenvalue weighted by Gasteiger charge is -2.13. The van der Waals surface area contributed by atoms with Crippen LogP contribution in [-0.4, -0.2) is 14.2 Å². The number of hydrogen-bond donors (Lipinski definition) is 2. The predicted molar refractivity (Wildman–Crippen MR) is 92.9 cm³/mol. The number of halogens is 1. The van der Waals surface area contributed by atoms with Crippen molar-refractivity contribution in [3.63, 3.8) is 0 Å². The Morgan fingerprint density at radius 1 is 1.17 bits per heavy atom. The summed E-state index contributed by atoms with van der Waals surface area (Å²) >= 11 is 3.45. The Balaban J connectivity index is 2.25. The molecule has 2 rings (SSSR count). The number of ether oxygens (including phenoxy) is 2. The summed E-state index contributed by atoms with van der Waals surface area (Å²) < 4.78 is 12.3. The van der Waals surface area contributed by atoms with Gasteiger partial charge in [0.1, 0.15) is 18.1 Å². The van der Waals surface area contributed by atoms with Crippen molar-refractivity contribution in [1.29, 1.82) is 0 Å². The number of methoxy groups -OCH3 is 1. The van der Waals surface area contributed by atoms with Gasteiger partial charge in [-0.05, 0) is 36.8 Å². The van der Waals surface area contributed by atoms with E-state index in [4.69, 9.17) is 9.47 Å². The number of aryl methyl sites for hydroxylation is 1. The van der Waals surface area contributed by atoms with E-state index in [9.17, 15) is 0 Å². The van der Waals surface area contributed by atoms with E-state index < -0.39 is 0 Å². The number of hydrazine groups is 1. The van der Waals surface area contributed by atoms with Gasteiger partial charge in [0.25, 0.3) is 0 Å². The Labute approximate surface area is 144 Å². The predicted octanol–water partition coefficient (Wildman–Crippen LogP) is 4.07. The van der Waals surface area contributed by atoms with Gasteiger partial charge in [-0.2, -0.15) is 0 Å². The Morgan fingerprint density at radius 3 is 2.74 bits per heavy atom. The van der Waals surface area contributed by atoms with Gasteiger partial charge in [0.05, 0.1) is 18.4 Å². The minimum atomic E-state index is 0.329. The maximum atomic E-state index is 5.95. The average molecular weight is 379 g/mol. The van der Waals surface area contributed by atoms with Gasteiger partial charge < -0.3 is 9.47 Å². The summed E-state index contributed by atoms with van der Waals surface area (Å²) in [7, 11) is 3.33. The molecule has 0 aliphatic carbocycles. The molecule has 0 spiro atoms. The molecule has 0 aliphatic rings. The van der Waals surface area contributed by atoms with Crippen molar-refractivity contribution in [3.8, 4) is 11.5 Å². The molecule has 23 heavy (non-hydrogen) atoms. The quantitative estimate of drug-likeness (QED) is 0.562. The maximum Gasteiger partial charge on any atom is 0.127 e. The highest BCUT2D eigenvalue weighted by atomic mass is 79.9. The Hall–Kier alpha value is -2.12. The van der Waals surface area contributed by atoms with Crippen LogP contribution in [0.5, 0.6) is 11.5 Å². The molecule has 0 unspecified atom stereocenters. The van der Waals surface area contributed by atoms with Gasteiger partial charge in [0.2, 0.25) is 0 Å². The average Bonchev–Trinajstić information content (AvgIpc) is 2.56.